The number of aryl methyl sites for hydroxylation is 1. The van der Waals surface area contributed by atoms with Crippen LogP contribution in [0.5, 0.6) is 17.2 Å². The van der Waals surface area contributed by atoms with Crippen molar-refractivity contribution in [3.05, 3.63) is 53.1 Å². The zero-order valence-corrected chi connectivity index (χ0v) is 17.9. The number of amides is 2. The number of rotatable bonds is 5. The lowest BCUT2D eigenvalue weighted by atomic mass is 10.1. The molecular formula is C23H28N2O5. The Morgan fingerprint density at radius 3 is 1.90 bits per heavy atom. The molecule has 2 aromatic rings. The molecule has 160 valence electrons. The molecule has 0 saturated carbocycles. The van der Waals surface area contributed by atoms with Gasteiger partial charge in [0, 0.05) is 37.3 Å². The molecule has 1 aliphatic heterocycles. The van der Waals surface area contributed by atoms with Gasteiger partial charge in [-0.2, -0.15) is 0 Å². The average Bonchev–Trinajstić information content (AvgIpc) is 3.03. The molecule has 1 fully saturated rings. The van der Waals surface area contributed by atoms with Crippen molar-refractivity contribution in [3.8, 4) is 17.2 Å². The maximum atomic E-state index is 13.2. The zero-order chi connectivity index (χ0) is 21.7. The molecular weight excluding hydrogens is 384 g/mol. The van der Waals surface area contributed by atoms with Gasteiger partial charge in [-0.05, 0) is 37.1 Å². The molecule has 0 aliphatic carbocycles. The first-order valence-electron chi connectivity index (χ1n) is 9.94. The fourth-order valence-corrected chi connectivity index (χ4v) is 3.69. The quantitative estimate of drug-likeness (QED) is 0.755. The number of carbonyl (C=O) groups excluding carboxylic acids is 2. The molecule has 0 atom stereocenters. The minimum absolute atomic E-state index is 0.00943. The second kappa shape index (κ2) is 9.52. The SMILES string of the molecule is COc1cc(C(=O)N2CCCN(C(=O)c3ccccc3C)CC2)cc(OC)c1OC. The van der Waals surface area contributed by atoms with Gasteiger partial charge in [-0.15, -0.1) is 0 Å². The summed E-state index contributed by atoms with van der Waals surface area (Å²) in [6.07, 6.45) is 0.716. The highest BCUT2D eigenvalue weighted by Crippen LogP contribution is 2.38. The smallest absolute Gasteiger partial charge is 0.254 e. The summed E-state index contributed by atoms with van der Waals surface area (Å²) in [5.74, 6) is 1.20. The summed E-state index contributed by atoms with van der Waals surface area (Å²) >= 11 is 0. The average molecular weight is 412 g/mol. The number of benzene rings is 2. The molecule has 2 aromatic carbocycles. The summed E-state index contributed by atoms with van der Waals surface area (Å²) in [4.78, 5) is 29.7. The lowest BCUT2D eigenvalue weighted by molar-refractivity contribution is 0.0718. The fourth-order valence-electron chi connectivity index (χ4n) is 3.69. The third kappa shape index (κ3) is 4.35. The summed E-state index contributed by atoms with van der Waals surface area (Å²) < 4.78 is 16.1. The van der Waals surface area contributed by atoms with E-state index >= 15 is 0 Å². The number of methoxy groups -OCH3 is 3. The number of nitrogens with zero attached hydrogens (tertiary/aromatic N) is 2. The molecule has 0 radical (unpaired) electrons. The summed E-state index contributed by atoms with van der Waals surface area (Å²) in [5.41, 5.74) is 2.13. The molecule has 1 aliphatic rings. The van der Waals surface area contributed by atoms with Gasteiger partial charge in [0.1, 0.15) is 0 Å². The van der Waals surface area contributed by atoms with Gasteiger partial charge in [0.05, 0.1) is 21.3 Å². The minimum Gasteiger partial charge on any atom is -0.493 e. The summed E-state index contributed by atoms with van der Waals surface area (Å²) in [5, 5.41) is 0. The number of ether oxygens (including phenoxy) is 3. The normalized spacial score (nSPS) is 14.1. The molecule has 7 heteroatoms. The number of hydrogen-bond donors (Lipinski definition) is 0. The second-order valence-corrected chi connectivity index (χ2v) is 7.17. The maximum Gasteiger partial charge on any atom is 0.254 e. The van der Waals surface area contributed by atoms with Crippen LogP contribution in [0.25, 0.3) is 0 Å². The Morgan fingerprint density at radius 1 is 0.800 bits per heavy atom. The van der Waals surface area contributed by atoms with Gasteiger partial charge in [-0.1, -0.05) is 18.2 Å². The molecule has 0 bridgehead atoms. The Labute approximate surface area is 177 Å². The highest BCUT2D eigenvalue weighted by atomic mass is 16.5. The van der Waals surface area contributed by atoms with Gasteiger partial charge < -0.3 is 24.0 Å². The minimum atomic E-state index is -0.126. The molecule has 0 spiro atoms. The van der Waals surface area contributed by atoms with Gasteiger partial charge in [-0.25, -0.2) is 0 Å². The monoisotopic (exact) mass is 412 g/mol. The van der Waals surface area contributed by atoms with Crippen LogP contribution in [0.4, 0.5) is 0 Å². The van der Waals surface area contributed by atoms with Crippen LogP contribution in [0.2, 0.25) is 0 Å². The Morgan fingerprint density at radius 2 is 1.37 bits per heavy atom. The molecule has 0 unspecified atom stereocenters. The zero-order valence-electron chi connectivity index (χ0n) is 17.9. The van der Waals surface area contributed by atoms with Crippen LogP contribution in [-0.4, -0.2) is 69.1 Å². The molecule has 0 aromatic heterocycles. The van der Waals surface area contributed by atoms with E-state index in [9.17, 15) is 9.59 Å². The standard InChI is InChI=1S/C23H28N2O5/c1-16-8-5-6-9-18(16)23(27)25-11-7-10-24(12-13-25)22(26)17-14-19(28-2)21(30-4)20(15-17)29-3/h5-6,8-9,14-15H,7,10-13H2,1-4H3. The van der Waals surface area contributed by atoms with Crippen molar-refractivity contribution >= 4 is 11.8 Å². The van der Waals surface area contributed by atoms with E-state index in [1.54, 1.807) is 17.0 Å². The Bertz CT molecular complexity index is 903. The Kier molecular flexibility index (Phi) is 6.82. The molecule has 1 heterocycles. The maximum absolute atomic E-state index is 13.2. The van der Waals surface area contributed by atoms with Crippen molar-refractivity contribution in [2.75, 3.05) is 47.5 Å². The van der Waals surface area contributed by atoms with Crippen LogP contribution in [0.15, 0.2) is 36.4 Å². The first kappa shape index (κ1) is 21.5. The highest BCUT2D eigenvalue weighted by Gasteiger charge is 2.26. The van der Waals surface area contributed by atoms with Crippen molar-refractivity contribution in [1.29, 1.82) is 0 Å². The van der Waals surface area contributed by atoms with Crippen LogP contribution in [-0.2, 0) is 0 Å². The van der Waals surface area contributed by atoms with Crippen LogP contribution in [0.3, 0.4) is 0 Å². The van der Waals surface area contributed by atoms with Crippen molar-refractivity contribution in [2.24, 2.45) is 0 Å². The molecule has 30 heavy (non-hydrogen) atoms. The topological polar surface area (TPSA) is 68.3 Å². The Hall–Kier alpha value is -3.22. The van der Waals surface area contributed by atoms with Crippen molar-refractivity contribution in [2.45, 2.75) is 13.3 Å². The molecule has 0 N–H and O–H groups in total. The summed E-state index contributed by atoms with van der Waals surface area (Å²) in [6, 6.07) is 10.9. The second-order valence-electron chi connectivity index (χ2n) is 7.17. The van der Waals surface area contributed by atoms with E-state index in [4.69, 9.17) is 14.2 Å². The lowest BCUT2D eigenvalue weighted by Crippen LogP contribution is -2.37. The van der Waals surface area contributed by atoms with E-state index < -0.39 is 0 Å². The number of hydrogen-bond acceptors (Lipinski definition) is 5. The molecule has 1 saturated heterocycles. The van der Waals surface area contributed by atoms with E-state index in [1.807, 2.05) is 36.1 Å². The molecule has 3 rings (SSSR count). The van der Waals surface area contributed by atoms with Gasteiger partial charge in [-0.3, -0.25) is 9.59 Å². The third-order valence-electron chi connectivity index (χ3n) is 5.36. The summed E-state index contributed by atoms with van der Waals surface area (Å²) in [7, 11) is 4.57. The van der Waals surface area contributed by atoms with Crippen LogP contribution < -0.4 is 14.2 Å². The van der Waals surface area contributed by atoms with Crippen molar-refractivity contribution < 1.29 is 23.8 Å². The van der Waals surface area contributed by atoms with Gasteiger partial charge in [0.15, 0.2) is 11.5 Å². The highest BCUT2D eigenvalue weighted by molar-refractivity contribution is 5.97. The van der Waals surface area contributed by atoms with E-state index in [0.717, 1.165) is 5.56 Å². The van der Waals surface area contributed by atoms with Gasteiger partial charge in [0.2, 0.25) is 5.75 Å². The van der Waals surface area contributed by atoms with E-state index in [-0.39, 0.29) is 11.8 Å². The van der Waals surface area contributed by atoms with Crippen LogP contribution in [0, 0.1) is 6.92 Å². The predicted molar refractivity (Wildman–Crippen MR) is 114 cm³/mol. The lowest BCUT2D eigenvalue weighted by Gasteiger charge is -2.23. The van der Waals surface area contributed by atoms with Crippen LogP contribution >= 0.6 is 0 Å². The van der Waals surface area contributed by atoms with E-state index in [0.29, 0.717) is 61.0 Å². The Balaban J connectivity index is 1.76. The summed E-state index contributed by atoms with van der Waals surface area (Å²) in [6.45, 7) is 4.08. The third-order valence-corrected chi connectivity index (χ3v) is 5.36. The fraction of sp³-hybridized carbons (Fsp3) is 0.391. The van der Waals surface area contributed by atoms with E-state index in [1.165, 1.54) is 21.3 Å². The van der Waals surface area contributed by atoms with Crippen molar-refractivity contribution in [1.82, 2.24) is 9.80 Å². The van der Waals surface area contributed by atoms with Gasteiger partial charge in [0.25, 0.3) is 11.8 Å². The predicted octanol–water partition coefficient (Wildman–Crippen LogP) is 3.01. The van der Waals surface area contributed by atoms with Gasteiger partial charge >= 0.3 is 0 Å². The number of carbonyl (C=O) groups is 2. The first-order valence-corrected chi connectivity index (χ1v) is 9.94. The molecule has 7 nitrogen and oxygen atoms in total. The molecule has 2 amide bonds. The van der Waals surface area contributed by atoms with E-state index in [2.05, 4.69) is 0 Å². The van der Waals surface area contributed by atoms with Crippen LogP contribution in [0.1, 0.15) is 32.7 Å². The van der Waals surface area contributed by atoms with Crippen molar-refractivity contribution in [3.63, 3.8) is 0 Å². The first-order chi connectivity index (χ1) is 14.5. The largest absolute Gasteiger partial charge is 0.493 e.